The minimum atomic E-state index is -3.48. The second-order valence-corrected chi connectivity index (χ2v) is 8.48. The molecule has 0 saturated heterocycles. The maximum absolute atomic E-state index is 12.0. The van der Waals surface area contributed by atoms with E-state index in [9.17, 15) is 8.42 Å². The lowest BCUT2D eigenvalue weighted by atomic mass is 9.91. The smallest absolute Gasteiger partial charge is 0.301 e. The van der Waals surface area contributed by atoms with Crippen LogP contribution in [0.25, 0.3) is 10.9 Å². The number of nitrogens with zero attached hydrogens (tertiary/aromatic N) is 2. The minimum absolute atomic E-state index is 0.531. The maximum Gasteiger partial charge on any atom is 0.301 e. The SMILES string of the molecule is CN(C)C1CCc2[nH]c3ccc(NS(=O)(=O)N(C)C)cc3c2C1. The highest BCUT2D eigenvalue weighted by Crippen LogP contribution is 2.32. The van der Waals surface area contributed by atoms with Gasteiger partial charge in [-0.15, -0.1) is 0 Å². The van der Waals surface area contributed by atoms with Crippen molar-refractivity contribution in [1.82, 2.24) is 14.2 Å². The average molecular weight is 336 g/mol. The molecule has 1 atom stereocenters. The zero-order valence-corrected chi connectivity index (χ0v) is 14.9. The maximum atomic E-state index is 12.0. The molecule has 2 N–H and O–H groups in total. The molecule has 126 valence electrons. The van der Waals surface area contributed by atoms with Crippen molar-refractivity contribution in [3.8, 4) is 0 Å². The Kier molecular flexibility index (Phi) is 4.12. The molecule has 2 aromatic rings. The van der Waals surface area contributed by atoms with Crippen molar-refractivity contribution < 1.29 is 8.42 Å². The highest BCUT2D eigenvalue weighted by atomic mass is 32.2. The Morgan fingerprint density at radius 2 is 1.96 bits per heavy atom. The molecule has 23 heavy (non-hydrogen) atoms. The third-order valence-electron chi connectivity index (χ3n) is 4.62. The van der Waals surface area contributed by atoms with E-state index in [2.05, 4.69) is 28.7 Å². The highest BCUT2D eigenvalue weighted by molar-refractivity contribution is 7.90. The number of benzene rings is 1. The summed E-state index contributed by atoms with van der Waals surface area (Å²) in [5, 5.41) is 1.12. The first kappa shape index (κ1) is 16.3. The van der Waals surface area contributed by atoms with E-state index in [0.29, 0.717) is 11.7 Å². The summed E-state index contributed by atoms with van der Waals surface area (Å²) in [4.78, 5) is 5.75. The van der Waals surface area contributed by atoms with E-state index in [1.54, 1.807) is 6.07 Å². The predicted octanol–water partition coefficient (Wildman–Crippen LogP) is 1.81. The Morgan fingerprint density at radius 1 is 1.22 bits per heavy atom. The standard InChI is InChI=1S/C16H24N4O2S/c1-19(2)12-6-8-16-14(10-12)13-9-11(5-7-15(13)17-16)18-23(21,22)20(3)4/h5,7,9,12,17-18H,6,8,10H2,1-4H3. The molecule has 0 saturated carbocycles. The zero-order valence-electron chi connectivity index (χ0n) is 14.0. The first-order chi connectivity index (χ1) is 10.8. The van der Waals surface area contributed by atoms with Gasteiger partial charge in [-0.3, -0.25) is 4.72 Å². The van der Waals surface area contributed by atoms with Gasteiger partial charge in [-0.1, -0.05) is 0 Å². The van der Waals surface area contributed by atoms with Gasteiger partial charge >= 0.3 is 10.2 Å². The monoisotopic (exact) mass is 336 g/mol. The van der Waals surface area contributed by atoms with Gasteiger partial charge in [0.25, 0.3) is 0 Å². The quantitative estimate of drug-likeness (QED) is 0.895. The lowest BCUT2D eigenvalue weighted by Gasteiger charge is -2.28. The van der Waals surface area contributed by atoms with Crippen LogP contribution in [0.1, 0.15) is 17.7 Å². The van der Waals surface area contributed by atoms with Gasteiger partial charge in [0.05, 0.1) is 5.69 Å². The largest absolute Gasteiger partial charge is 0.358 e. The van der Waals surface area contributed by atoms with Crippen LogP contribution in [0.2, 0.25) is 0 Å². The summed E-state index contributed by atoms with van der Waals surface area (Å²) in [6.45, 7) is 0. The van der Waals surface area contributed by atoms with Gasteiger partial charge in [-0.25, -0.2) is 0 Å². The van der Waals surface area contributed by atoms with Crippen molar-refractivity contribution in [3.63, 3.8) is 0 Å². The van der Waals surface area contributed by atoms with Gasteiger partial charge in [0, 0.05) is 36.7 Å². The second kappa shape index (κ2) is 5.81. The third-order valence-corrected chi connectivity index (χ3v) is 6.07. The van der Waals surface area contributed by atoms with Crippen molar-refractivity contribution in [3.05, 3.63) is 29.5 Å². The number of likely N-dealkylation sites (N-methyl/N-ethyl adjacent to an activating group) is 1. The summed E-state index contributed by atoms with van der Waals surface area (Å²) in [5.41, 5.74) is 4.27. The van der Waals surface area contributed by atoms with Crippen molar-refractivity contribution >= 4 is 26.8 Å². The van der Waals surface area contributed by atoms with Crippen LogP contribution in [-0.4, -0.2) is 56.8 Å². The van der Waals surface area contributed by atoms with E-state index in [4.69, 9.17) is 0 Å². The Balaban J connectivity index is 1.99. The van der Waals surface area contributed by atoms with E-state index < -0.39 is 10.2 Å². The molecule has 0 amide bonds. The third kappa shape index (κ3) is 3.08. The van der Waals surface area contributed by atoms with Gasteiger partial charge in [0.1, 0.15) is 0 Å². The van der Waals surface area contributed by atoms with E-state index in [1.807, 2.05) is 12.1 Å². The Bertz CT molecular complexity index is 824. The number of aromatic amines is 1. The van der Waals surface area contributed by atoms with Crippen LogP contribution in [0.4, 0.5) is 5.69 Å². The minimum Gasteiger partial charge on any atom is -0.358 e. The van der Waals surface area contributed by atoms with E-state index >= 15 is 0 Å². The summed E-state index contributed by atoms with van der Waals surface area (Å²) in [5.74, 6) is 0. The van der Waals surface area contributed by atoms with Crippen LogP contribution in [0.3, 0.4) is 0 Å². The van der Waals surface area contributed by atoms with Crippen molar-refractivity contribution in [2.75, 3.05) is 32.9 Å². The molecule has 1 aromatic heterocycles. The van der Waals surface area contributed by atoms with E-state index in [0.717, 1.165) is 30.2 Å². The lowest BCUT2D eigenvalue weighted by molar-refractivity contribution is 0.268. The molecule has 3 rings (SSSR count). The van der Waals surface area contributed by atoms with Gasteiger partial charge in [0.15, 0.2) is 0 Å². The molecule has 1 aromatic carbocycles. The molecule has 1 aliphatic carbocycles. The van der Waals surface area contributed by atoms with Crippen LogP contribution >= 0.6 is 0 Å². The molecule has 0 radical (unpaired) electrons. The van der Waals surface area contributed by atoms with Gasteiger partial charge < -0.3 is 9.88 Å². The molecule has 1 heterocycles. The van der Waals surface area contributed by atoms with Crippen LogP contribution in [-0.2, 0) is 23.1 Å². The number of aromatic nitrogens is 1. The Morgan fingerprint density at radius 3 is 2.61 bits per heavy atom. The van der Waals surface area contributed by atoms with Crippen molar-refractivity contribution in [1.29, 1.82) is 0 Å². The molecule has 1 aliphatic rings. The number of rotatable bonds is 4. The topological polar surface area (TPSA) is 68.4 Å². The molecular weight excluding hydrogens is 312 g/mol. The molecule has 0 aliphatic heterocycles. The number of H-pyrrole nitrogens is 1. The highest BCUT2D eigenvalue weighted by Gasteiger charge is 2.24. The normalized spacial score (nSPS) is 18.6. The fourth-order valence-electron chi connectivity index (χ4n) is 3.14. The first-order valence-corrected chi connectivity index (χ1v) is 9.22. The van der Waals surface area contributed by atoms with Crippen LogP contribution in [0, 0.1) is 0 Å². The summed E-state index contributed by atoms with van der Waals surface area (Å²) in [6.07, 6.45) is 3.17. The number of fused-ring (bicyclic) bond motifs is 3. The van der Waals surface area contributed by atoms with Gasteiger partial charge in [-0.2, -0.15) is 12.7 Å². The number of anilines is 1. The predicted molar refractivity (Wildman–Crippen MR) is 94.0 cm³/mol. The first-order valence-electron chi connectivity index (χ1n) is 7.78. The Labute approximate surface area is 137 Å². The van der Waals surface area contributed by atoms with Crippen LogP contribution in [0.5, 0.6) is 0 Å². The molecule has 0 spiro atoms. The average Bonchev–Trinajstić information content (AvgIpc) is 2.83. The summed E-state index contributed by atoms with van der Waals surface area (Å²) in [6, 6.07) is 6.22. The molecule has 1 unspecified atom stereocenters. The van der Waals surface area contributed by atoms with Crippen LogP contribution < -0.4 is 4.72 Å². The second-order valence-electron chi connectivity index (χ2n) is 6.59. The summed E-state index contributed by atoms with van der Waals surface area (Å²) < 4.78 is 27.8. The molecule has 6 nitrogen and oxygen atoms in total. The zero-order chi connectivity index (χ0) is 16.8. The number of hydrogen-bond donors (Lipinski definition) is 2. The van der Waals surface area contributed by atoms with Gasteiger partial charge in [0.2, 0.25) is 0 Å². The fourth-order valence-corrected chi connectivity index (χ4v) is 3.75. The summed E-state index contributed by atoms with van der Waals surface area (Å²) >= 11 is 0. The molecule has 0 bridgehead atoms. The lowest BCUT2D eigenvalue weighted by Crippen LogP contribution is -2.33. The van der Waals surface area contributed by atoms with Crippen molar-refractivity contribution in [2.45, 2.75) is 25.3 Å². The fraction of sp³-hybridized carbons (Fsp3) is 0.500. The van der Waals surface area contributed by atoms with E-state index in [-0.39, 0.29) is 0 Å². The number of hydrogen-bond acceptors (Lipinski definition) is 3. The van der Waals surface area contributed by atoms with Crippen molar-refractivity contribution in [2.24, 2.45) is 0 Å². The van der Waals surface area contributed by atoms with Gasteiger partial charge in [-0.05, 0) is 57.1 Å². The number of nitrogens with one attached hydrogen (secondary N) is 2. The molecular formula is C16H24N4O2S. The number of aryl methyl sites for hydroxylation is 1. The van der Waals surface area contributed by atoms with Crippen LogP contribution in [0.15, 0.2) is 18.2 Å². The molecule has 0 fully saturated rings. The Hall–Kier alpha value is -1.57. The van der Waals surface area contributed by atoms with E-state index in [1.165, 1.54) is 29.7 Å². The molecule has 7 heteroatoms. The summed E-state index contributed by atoms with van der Waals surface area (Å²) in [7, 11) is 3.77.